The number of carbonyl (C=O) groups is 1. The van der Waals surface area contributed by atoms with Gasteiger partial charge in [-0.3, -0.25) is 9.48 Å². The maximum absolute atomic E-state index is 13.1. The molecule has 0 bridgehead atoms. The predicted octanol–water partition coefficient (Wildman–Crippen LogP) is 3.46. The summed E-state index contributed by atoms with van der Waals surface area (Å²) in [6.07, 6.45) is -1.08. The third-order valence-electron chi connectivity index (χ3n) is 4.32. The van der Waals surface area contributed by atoms with Crippen molar-refractivity contribution in [1.82, 2.24) is 14.7 Å². The molecule has 1 aromatic heterocycles. The molecule has 128 valence electrons. The standard InChI is InChI=1S/C17H18F3N3O/c1-22-10-8-15(21-22)12-5-4-9-23(11-12)16(24)13-6-2-3-7-14(13)17(18,19)20/h2-3,6-8,10,12H,4-5,9,11H2,1H3/t12-/m0/s1. The molecule has 4 nitrogen and oxygen atoms in total. The number of benzene rings is 1. The Morgan fingerprint density at radius 3 is 2.67 bits per heavy atom. The van der Waals surface area contributed by atoms with Gasteiger partial charge in [0.1, 0.15) is 0 Å². The second kappa shape index (κ2) is 6.30. The fraction of sp³-hybridized carbons (Fsp3) is 0.412. The number of aromatic nitrogens is 2. The van der Waals surface area contributed by atoms with Crippen molar-refractivity contribution in [1.29, 1.82) is 0 Å². The third-order valence-corrected chi connectivity index (χ3v) is 4.32. The van der Waals surface area contributed by atoms with Crippen LogP contribution in [0.2, 0.25) is 0 Å². The minimum atomic E-state index is -4.54. The Morgan fingerprint density at radius 1 is 1.25 bits per heavy atom. The molecule has 2 aromatic rings. The van der Waals surface area contributed by atoms with E-state index in [1.165, 1.54) is 23.1 Å². The summed E-state index contributed by atoms with van der Waals surface area (Å²) in [5.74, 6) is -0.509. The van der Waals surface area contributed by atoms with E-state index >= 15 is 0 Å². The van der Waals surface area contributed by atoms with Gasteiger partial charge in [-0.1, -0.05) is 12.1 Å². The van der Waals surface area contributed by atoms with Crippen molar-refractivity contribution < 1.29 is 18.0 Å². The number of rotatable bonds is 2. The first-order valence-corrected chi connectivity index (χ1v) is 7.81. The summed E-state index contributed by atoms with van der Waals surface area (Å²) in [5.41, 5.74) is -0.291. The molecule has 24 heavy (non-hydrogen) atoms. The highest BCUT2D eigenvalue weighted by molar-refractivity contribution is 5.96. The molecule has 0 unspecified atom stereocenters. The van der Waals surface area contributed by atoms with E-state index in [0.717, 1.165) is 24.6 Å². The largest absolute Gasteiger partial charge is 0.417 e. The zero-order chi connectivity index (χ0) is 17.3. The van der Waals surface area contributed by atoms with Crippen LogP contribution in [0.1, 0.15) is 40.4 Å². The van der Waals surface area contributed by atoms with Crippen LogP contribution in [0.25, 0.3) is 0 Å². The van der Waals surface area contributed by atoms with E-state index in [4.69, 9.17) is 0 Å². The molecule has 3 rings (SSSR count). The van der Waals surface area contributed by atoms with Gasteiger partial charge in [-0.15, -0.1) is 0 Å². The van der Waals surface area contributed by atoms with E-state index < -0.39 is 17.6 Å². The molecule has 1 fully saturated rings. The molecule has 1 amide bonds. The highest BCUT2D eigenvalue weighted by Crippen LogP contribution is 2.33. The highest BCUT2D eigenvalue weighted by Gasteiger charge is 2.36. The third kappa shape index (κ3) is 3.29. The van der Waals surface area contributed by atoms with Gasteiger partial charge in [0.05, 0.1) is 16.8 Å². The van der Waals surface area contributed by atoms with Gasteiger partial charge in [0.25, 0.3) is 5.91 Å². The van der Waals surface area contributed by atoms with Gasteiger partial charge in [-0.25, -0.2) is 0 Å². The smallest absolute Gasteiger partial charge is 0.338 e. The Bertz CT molecular complexity index is 739. The van der Waals surface area contributed by atoms with Crippen molar-refractivity contribution in [3.63, 3.8) is 0 Å². The molecule has 0 spiro atoms. The molecule has 1 atom stereocenters. The Balaban J connectivity index is 1.83. The Morgan fingerprint density at radius 2 is 2.00 bits per heavy atom. The van der Waals surface area contributed by atoms with Gasteiger partial charge in [-0.05, 0) is 31.0 Å². The molecule has 1 saturated heterocycles. The van der Waals surface area contributed by atoms with E-state index in [1.807, 2.05) is 19.3 Å². The molecule has 2 heterocycles. The summed E-state index contributed by atoms with van der Waals surface area (Å²) >= 11 is 0. The molecule has 7 heteroatoms. The molecule has 1 aromatic carbocycles. The Hall–Kier alpha value is -2.31. The van der Waals surface area contributed by atoms with E-state index in [1.54, 1.807) is 4.68 Å². The van der Waals surface area contributed by atoms with E-state index in [9.17, 15) is 18.0 Å². The lowest BCUT2D eigenvalue weighted by atomic mass is 9.94. The van der Waals surface area contributed by atoms with Crippen LogP contribution in [0, 0.1) is 0 Å². The summed E-state index contributed by atoms with van der Waals surface area (Å²) in [7, 11) is 1.81. The monoisotopic (exact) mass is 337 g/mol. The summed E-state index contributed by atoms with van der Waals surface area (Å²) in [5, 5.41) is 4.36. The fourth-order valence-corrected chi connectivity index (χ4v) is 3.14. The summed E-state index contributed by atoms with van der Waals surface area (Å²) < 4.78 is 41.1. The highest BCUT2D eigenvalue weighted by atomic mass is 19.4. The topological polar surface area (TPSA) is 38.1 Å². The first kappa shape index (κ1) is 16.5. The minimum Gasteiger partial charge on any atom is -0.338 e. The van der Waals surface area contributed by atoms with Crippen LogP contribution < -0.4 is 0 Å². The van der Waals surface area contributed by atoms with Crippen molar-refractivity contribution in [2.24, 2.45) is 7.05 Å². The molecule has 0 radical (unpaired) electrons. The molecule has 0 aliphatic carbocycles. The van der Waals surface area contributed by atoms with Crippen molar-refractivity contribution in [2.45, 2.75) is 24.9 Å². The van der Waals surface area contributed by atoms with Gasteiger partial charge < -0.3 is 4.90 Å². The average molecular weight is 337 g/mol. The first-order valence-electron chi connectivity index (χ1n) is 7.81. The van der Waals surface area contributed by atoms with Gasteiger partial charge >= 0.3 is 6.18 Å². The number of alkyl halides is 3. The van der Waals surface area contributed by atoms with Crippen LogP contribution >= 0.6 is 0 Å². The van der Waals surface area contributed by atoms with Gasteiger partial charge in [0, 0.05) is 32.3 Å². The van der Waals surface area contributed by atoms with Crippen LogP contribution in [0.3, 0.4) is 0 Å². The van der Waals surface area contributed by atoms with Crippen LogP contribution in [-0.2, 0) is 13.2 Å². The Kier molecular flexibility index (Phi) is 4.34. The summed E-state index contributed by atoms with van der Waals surface area (Å²) in [6.45, 7) is 0.858. The second-order valence-corrected chi connectivity index (χ2v) is 6.05. The zero-order valence-electron chi connectivity index (χ0n) is 13.3. The molecular weight excluding hydrogens is 319 g/mol. The maximum atomic E-state index is 13.1. The van der Waals surface area contributed by atoms with Crippen molar-refractivity contribution in [3.05, 3.63) is 53.3 Å². The molecular formula is C17H18F3N3O. The molecule has 0 saturated carbocycles. The number of hydrogen-bond donors (Lipinski definition) is 0. The van der Waals surface area contributed by atoms with Crippen LogP contribution in [-0.4, -0.2) is 33.7 Å². The summed E-state index contributed by atoms with van der Waals surface area (Å²) in [6, 6.07) is 6.85. The van der Waals surface area contributed by atoms with Crippen molar-refractivity contribution >= 4 is 5.91 Å². The lowest BCUT2D eigenvalue weighted by Gasteiger charge is -2.32. The maximum Gasteiger partial charge on any atom is 0.417 e. The van der Waals surface area contributed by atoms with Gasteiger partial charge in [-0.2, -0.15) is 18.3 Å². The predicted molar refractivity (Wildman–Crippen MR) is 82.5 cm³/mol. The van der Waals surface area contributed by atoms with E-state index in [-0.39, 0.29) is 11.5 Å². The zero-order valence-corrected chi connectivity index (χ0v) is 13.3. The number of nitrogens with zero attached hydrogens (tertiary/aromatic N) is 3. The first-order chi connectivity index (χ1) is 11.4. The molecule has 1 aliphatic heterocycles. The number of aryl methyl sites for hydroxylation is 1. The van der Waals surface area contributed by atoms with Crippen molar-refractivity contribution in [3.8, 4) is 0 Å². The second-order valence-electron chi connectivity index (χ2n) is 6.05. The van der Waals surface area contributed by atoms with E-state index in [2.05, 4.69) is 5.10 Å². The van der Waals surface area contributed by atoms with Crippen molar-refractivity contribution in [2.75, 3.05) is 13.1 Å². The van der Waals surface area contributed by atoms with Crippen LogP contribution in [0.5, 0.6) is 0 Å². The molecule has 1 aliphatic rings. The lowest BCUT2D eigenvalue weighted by molar-refractivity contribution is -0.138. The number of hydrogen-bond acceptors (Lipinski definition) is 2. The number of likely N-dealkylation sites (tertiary alicyclic amines) is 1. The Labute approximate surface area is 137 Å². The quantitative estimate of drug-likeness (QED) is 0.842. The minimum absolute atomic E-state index is 0.0574. The lowest BCUT2D eigenvalue weighted by Crippen LogP contribution is -2.40. The van der Waals surface area contributed by atoms with Gasteiger partial charge in [0.15, 0.2) is 0 Å². The summed E-state index contributed by atoms with van der Waals surface area (Å²) in [4.78, 5) is 14.2. The number of carbonyl (C=O) groups excluding carboxylic acids is 1. The van der Waals surface area contributed by atoms with Crippen LogP contribution in [0.4, 0.5) is 13.2 Å². The number of amides is 1. The van der Waals surface area contributed by atoms with E-state index in [0.29, 0.717) is 13.1 Å². The average Bonchev–Trinajstić information content (AvgIpc) is 3.00. The van der Waals surface area contributed by atoms with Gasteiger partial charge in [0.2, 0.25) is 0 Å². The van der Waals surface area contributed by atoms with Crippen LogP contribution in [0.15, 0.2) is 36.5 Å². The number of piperidine rings is 1. The SMILES string of the molecule is Cn1ccc([C@H]2CCCN(C(=O)c3ccccc3C(F)(F)F)C2)n1. The molecule has 0 N–H and O–H groups in total. The normalized spacial score (nSPS) is 18.7. The number of halogens is 3. The fourth-order valence-electron chi connectivity index (χ4n) is 3.14.